The van der Waals surface area contributed by atoms with E-state index in [2.05, 4.69) is 4.98 Å². The number of alkyl halides is 3. The maximum Gasteiger partial charge on any atom is 0.405 e. The Labute approximate surface area is 89.7 Å². The van der Waals surface area contributed by atoms with E-state index in [0.717, 1.165) is 0 Å². The highest BCUT2D eigenvalue weighted by molar-refractivity contribution is 5.78. The molecular formula is C9H10F3N3O. The van der Waals surface area contributed by atoms with E-state index in [0.29, 0.717) is 11.4 Å². The van der Waals surface area contributed by atoms with Crippen LogP contribution in [0.2, 0.25) is 0 Å². The summed E-state index contributed by atoms with van der Waals surface area (Å²) < 4.78 is 35.3. The van der Waals surface area contributed by atoms with Gasteiger partial charge in [0.1, 0.15) is 6.54 Å². The topological polar surface area (TPSA) is 68.0 Å². The van der Waals surface area contributed by atoms with Gasteiger partial charge in [-0.05, 0) is 12.1 Å². The number of anilines is 1. The van der Waals surface area contributed by atoms with Gasteiger partial charge >= 0.3 is 6.18 Å². The average molecular weight is 233 g/mol. The first-order chi connectivity index (χ1) is 7.37. The summed E-state index contributed by atoms with van der Waals surface area (Å²) >= 11 is 0. The molecule has 0 fully saturated rings. The van der Waals surface area contributed by atoms with E-state index < -0.39 is 18.6 Å². The van der Waals surface area contributed by atoms with E-state index in [1.807, 2.05) is 0 Å². The Morgan fingerprint density at radius 2 is 2.12 bits per heavy atom. The number of hydrogen-bond donors (Lipinski definition) is 2. The number of nitrogens with two attached hydrogens (primary N) is 1. The fraction of sp³-hybridized carbons (Fsp3) is 0.333. The molecule has 7 heteroatoms. The van der Waals surface area contributed by atoms with Crippen molar-refractivity contribution >= 4 is 11.6 Å². The third-order valence-electron chi connectivity index (χ3n) is 1.68. The molecule has 0 unspecified atom stereocenters. The number of nitrogens with one attached hydrogen (secondary N) is 1. The van der Waals surface area contributed by atoms with E-state index in [-0.39, 0.29) is 6.42 Å². The Balaban J connectivity index is 2.43. The minimum atomic E-state index is -4.40. The first-order valence-corrected chi connectivity index (χ1v) is 4.41. The van der Waals surface area contributed by atoms with Crippen molar-refractivity contribution in [2.45, 2.75) is 12.6 Å². The van der Waals surface area contributed by atoms with Gasteiger partial charge in [0, 0.05) is 5.69 Å². The number of nitrogens with zero attached hydrogens (tertiary/aromatic N) is 1. The van der Waals surface area contributed by atoms with Crippen LogP contribution in [-0.4, -0.2) is 23.6 Å². The lowest BCUT2D eigenvalue weighted by atomic mass is 10.2. The Kier molecular flexibility index (Phi) is 3.70. The molecule has 0 saturated heterocycles. The molecule has 1 heterocycles. The summed E-state index contributed by atoms with van der Waals surface area (Å²) in [5, 5.41) is 1.75. The summed E-state index contributed by atoms with van der Waals surface area (Å²) in [7, 11) is 0. The van der Waals surface area contributed by atoms with Gasteiger partial charge in [-0.2, -0.15) is 13.2 Å². The molecule has 0 spiro atoms. The minimum Gasteiger partial charge on any atom is -0.397 e. The van der Waals surface area contributed by atoms with Crippen LogP contribution in [0.5, 0.6) is 0 Å². The Morgan fingerprint density at radius 1 is 1.44 bits per heavy atom. The third-order valence-corrected chi connectivity index (χ3v) is 1.68. The Morgan fingerprint density at radius 3 is 2.62 bits per heavy atom. The second-order valence-electron chi connectivity index (χ2n) is 3.15. The maximum atomic E-state index is 11.8. The van der Waals surface area contributed by atoms with Crippen LogP contribution in [0.15, 0.2) is 18.3 Å². The molecular weight excluding hydrogens is 223 g/mol. The molecule has 1 amide bonds. The second-order valence-corrected chi connectivity index (χ2v) is 3.15. The zero-order valence-corrected chi connectivity index (χ0v) is 8.21. The van der Waals surface area contributed by atoms with Crippen LogP contribution in [0, 0.1) is 0 Å². The number of carbonyl (C=O) groups is 1. The minimum absolute atomic E-state index is 0.198. The summed E-state index contributed by atoms with van der Waals surface area (Å²) in [5.74, 6) is -0.727. The van der Waals surface area contributed by atoms with Gasteiger partial charge in [-0.25, -0.2) is 0 Å². The number of carbonyl (C=O) groups excluding carboxylic acids is 1. The predicted octanol–water partition coefficient (Wildman–Crippen LogP) is 0.885. The first-order valence-electron chi connectivity index (χ1n) is 4.41. The van der Waals surface area contributed by atoms with E-state index in [9.17, 15) is 18.0 Å². The highest BCUT2D eigenvalue weighted by Gasteiger charge is 2.27. The van der Waals surface area contributed by atoms with Crippen LogP contribution < -0.4 is 11.1 Å². The van der Waals surface area contributed by atoms with Crippen LogP contribution >= 0.6 is 0 Å². The van der Waals surface area contributed by atoms with Gasteiger partial charge in [-0.15, -0.1) is 0 Å². The van der Waals surface area contributed by atoms with Crippen molar-refractivity contribution in [3.63, 3.8) is 0 Å². The van der Waals surface area contributed by atoms with Crippen molar-refractivity contribution in [3.8, 4) is 0 Å². The van der Waals surface area contributed by atoms with E-state index in [4.69, 9.17) is 5.73 Å². The lowest BCUT2D eigenvalue weighted by molar-refractivity contribution is -0.138. The molecule has 0 saturated carbocycles. The Hall–Kier alpha value is -1.79. The fourth-order valence-electron chi connectivity index (χ4n) is 0.966. The normalized spacial score (nSPS) is 11.2. The number of aromatic nitrogens is 1. The van der Waals surface area contributed by atoms with Crippen molar-refractivity contribution in [1.29, 1.82) is 0 Å². The number of nitrogen functional groups attached to an aromatic ring is 1. The number of halogens is 3. The number of amides is 1. The number of pyridine rings is 1. The summed E-state index contributed by atoms with van der Waals surface area (Å²) in [6.07, 6.45) is -3.26. The molecule has 0 radical (unpaired) electrons. The molecule has 1 aromatic rings. The molecule has 3 N–H and O–H groups in total. The van der Waals surface area contributed by atoms with Gasteiger partial charge < -0.3 is 11.1 Å². The largest absolute Gasteiger partial charge is 0.405 e. The molecule has 88 valence electrons. The van der Waals surface area contributed by atoms with Gasteiger partial charge in [0.05, 0.1) is 18.3 Å². The van der Waals surface area contributed by atoms with Gasteiger partial charge in [-0.3, -0.25) is 9.78 Å². The summed E-state index contributed by atoms with van der Waals surface area (Å²) in [4.78, 5) is 14.9. The van der Waals surface area contributed by atoms with Gasteiger partial charge in [-0.1, -0.05) is 0 Å². The third kappa shape index (κ3) is 4.63. The molecule has 16 heavy (non-hydrogen) atoms. The molecule has 0 bridgehead atoms. The fourth-order valence-corrected chi connectivity index (χ4v) is 0.966. The van der Waals surface area contributed by atoms with Crippen molar-refractivity contribution in [1.82, 2.24) is 10.3 Å². The van der Waals surface area contributed by atoms with Crippen molar-refractivity contribution in [2.24, 2.45) is 0 Å². The number of hydrogen-bond acceptors (Lipinski definition) is 3. The molecule has 0 atom stereocenters. The van der Waals surface area contributed by atoms with E-state index in [1.54, 1.807) is 5.32 Å². The van der Waals surface area contributed by atoms with Crippen LogP contribution in [0.4, 0.5) is 18.9 Å². The molecule has 0 aliphatic carbocycles. The standard InChI is InChI=1S/C9H10F3N3O/c10-9(11,12)5-15-8(16)3-7-2-1-6(13)4-14-7/h1-2,4H,3,5,13H2,(H,15,16). The first kappa shape index (κ1) is 12.3. The van der Waals surface area contributed by atoms with Crippen LogP contribution in [0.25, 0.3) is 0 Å². The zero-order chi connectivity index (χ0) is 12.2. The predicted molar refractivity (Wildman–Crippen MR) is 51.4 cm³/mol. The molecule has 0 aliphatic heterocycles. The van der Waals surface area contributed by atoms with Crippen LogP contribution in [-0.2, 0) is 11.2 Å². The van der Waals surface area contributed by atoms with E-state index in [1.165, 1.54) is 18.3 Å². The maximum absolute atomic E-state index is 11.8. The SMILES string of the molecule is Nc1ccc(CC(=O)NCC(F)(F)F)nc1. The Bertz CT molecular complexity index is 361. The quantitative estimate of drug-likeness (QED) is 0.814. The monoisotopic (exact) mass is 233 g/mol. The summed E-state index contributed by atoms with van der Waals surface area (Å²) in [6.45, 7) is -1.33. The molecule has 1 rings (SSSR count). The lowest BCUT2D eigenvalue weighted by Crippen LogP contribution is -2.34. The van der Waals surface area contributed by atoms with Crippen LogP contribution in [0.1, 0.15) is 5.69 Å². The van der Waals surface area contributed by atoms with Crippen molar-refractivity contribution in [2.75, 3.05) is 12.3 Å². The van der Waals surface area contributed by atoms with Crippen molar-refractivity contribution < 1.29 is 18.0 Å². The zero-order valence-electron chi connectivity index (χ0n) is 8.21. The average Bonchev–Trinajstić information content (AvgIpc) is 2.18. The molecule has 1 aromatic heterocycles. The molecule has 4 nitrogen and oxygen atoms in total. The van der Waals surface area contributed by atoms with Gasteiger partial charge in [0.2, 0.25) is 5.91 Å². The molecule has 0 aromatic carbocycles. The lowest BCUT2D eigenvalue weighted by Gasteiger charge is -2.07. The van der Waals surface area contributed by atoms with Gasteiger partial charge in [0.15, 0.2) is 0 Å². The summed E-state index contributed by atoms with van der Waals surface area (Å²) in [6, 6.07) is 3.02. The van der Waals surface area contributed by atoms with E-state index >= 15 is 0 Å². The molecule has 0 aliphatic rings. The number of rotatable bonds is 3. The second kappa shape index (κ2) is 4.82. The highest BCUT2D eigenvalue weighted by Crippen LogP contribution is 2.12. The smallest absolute Gasteiger partial charge is 0.397 e. The summed E-state index contributed by atoms with van der Waals surface area (Å²) in [5.41, 5.74) is 6.16. The highest BCUT2D eigenvalue weighted by atomic mass is 19.4. The van der Waals surface area contributed by atoms with Gasteiger partial charge in [0.25, 0.3) is 0 Å². The van der Waals surface area contributed by atoms with Crippen molar-refractivity contribution in [3.05, 3.63) is 24.0 Å². The van der Waals surface area contributed by atoms with Crippen LogP contribution in [0.3, 0.4) is 0 Å².